The van der Waals surface area contributed by atoms with Crippen LogP contribution in [0.4, 0.5) is 10.1 Å². The van der Waals surface area contributed by atoms with Crippen LogP contribution in [0.15, 0.2) is 53.8 Å². The summed E-state index contributed by atoms with van der Waals surface area (Å²) in [4.78, 5) is 20.9. The quantitative estimate of drug-likeness (QED) is 0.352. The Bertz CT molecular complexity index is 1300. The molecule has 2 aromatic carbocycles. The molecule has 1 N–H and O–H groups in total. The number of hydrogen-bond acceptors (Lipinski definition) is 8. The van der Waals surface area contributed by atoms with E-state index < -0.39 is 0 Å². The van der Waals surface area contributed by atoms with Crippen LogP contribution < -0.4 is 14.8 Å². The average Bonchev–Trinajstić information content (AvgIpc) is 3.22. The van der Waals surface area contributed by atoms with E-state index in [1.807, 2.05) is 0 Å². The average molecular weight is 452 g/mol. The normalized spacial score (nSPS) is 12.7. The van der Waals surface area contributed by atoms with E-state index in [0.717, 1.165) is 0 Å². The number of ether oxygens (including phenoxy) is 2. The Hall–Kier alpha value is -3.73. The molecule has 1 aliphatic rings. The van der Waals surface area contributed by atoms with E-state index in [9.17, 15) is 9.18 Å². The summed E-state index contributed by atoms with van der Waals surface area (Å²) < 4.78 is 26.5. The summed E-state index contributed by atoms with van der Waals surface area (Å²) in [7, 11) is 0. The fourth-order valence-corrected chi connectivity index (χ4v) is 3.95. The minimum Gasteiger partial charge on any atom is -0.486 e. The predicted octanol–water partition coefficient (Wildman–Crippen LogP) is 2.91. The third-order valence-electron chi connectivity index (χ3n) is 4.71. The third-order valence-corrected chi connectivity index (χ3v) is 5.69. The van der Waals surface area contributed by atoms with Gasteiger partial charge in [-0.1, -0.05) is 35.2 Å². The number of fused-ring (bicyclic) bond motifs is 2. The van der Waals surface area contributed by atoms with Gasteiger partial charge in [-0.05, 0) is 18.2 Å². The molecule has 0 atom stereocenters. The lowest BCUT2D eigenvalue weighted by Crippen LogP contribution is -2.17. The fourth-order valence-electron chi connectivity index (χ4n) is 3.22. The van der Waals surface area contributed by atoms with Gasteiger partial charge in [0.1, 0.15) is 30.4 Å². The van der Waals surface area contributed by atoms with Crippen LogP contribution in [0, 0.1) is 5.82 Å². The molecule has 0 fully saturated rings. The van der Waals surface area contributed by atoms with Crippen molar-refractivity contribution in [3.05, 3.63) is 60.2 Å². The molecule has 4 aromatic rings. The molecule has 3 heterocycles. The summed E-state index contributed by atoms with van der Waals surface area (Å²) in [6.07, 6.45) is 1.38. The Morgan fingerprint density at radius 1 is 1.12 bits per heavy atom. The second kappa shape index (κ2) is 8.79. The predicted molar refractivity (Wildman–Crippen MR) is 115 cm³/mol. The van der Waals surface area contributed by atoms with Crippen molar-refractivity contribution in [1.82, 2.24) is 25.0 Å². The first-order valence-corrected chi connectivity index (χ1v) is 10.8. The summed E-state index contributed by atoms with van der Waals surface area (Å²) in [6.45, 7) is 1.17. The highest BCUT2D eigenvalue weighted by atomic mass is 32.2. The Balaban J connectivity index is 1.27. The van der Waals surface area contributed by atoms with Crippen molar-refractivity contribution in [3.8, 4) is 11.5 Å². The van der Waals surface area contributed by atoms with Gasteiger partial charge in [0.15, 0.2) is 22.7 Å². The zero-order valence-electron chi connectivity index (χ0n) is 16.7. The summed E-state index contributed by atoms with van der Waals surface area (Å²) in [5.74, 6) is 0.838. The van der Waals surface area contributed by atoms with Crippen LogP contribution in [0.25, 0.3) is 11.2 Å². The molecule has 0 radical (unpaired) electrons. The van der Waals surface area contributed by atoms with Crippen LogP contribution in [0.2, 0.25) is 0 Å². The maximum absolute atomic E-state index is 14.0. The van der Waals surface area contributed by atoms with Gasteiger partial charge in [0.2, 0.25) is 5.91 Å². The first-order chi connectivity index (χ1) is 15.7. The van der Waals surface area contributed by atoms with Crippen molar-refractivity contribution >= 4 is 34.5 Å². The van der Waals surface area contributed by atoms with Gasteiger partial charge in [0.25, 0.3) is 0 Å². The molecule has 0 saturated carbocycles. The van der Waals surface area contributed by atoms with E-state index in [1.54, 1.807) is 36.4 Å². The standard InChI is InChI=1S/C21H17FN6O3S/c22-15-4-2-1-3-13(15)10-28-20-19(26-27-28)21(24-12-23-20)32-11-18(29)25-14-5-6-16-17(9-14)31-8-7-30-16/h1-6,9,12H,7-8,10-11H2,(H,25,29). The Morgan fingerprint density at radius 3 is 2.84 bits per heavy atom. The van der Waals surface area contributed by atoms with Crippen molar-refractivity contribution < 1.29 is 18.7 Å². The molecule has 32 heavy (non-hydrogen) atoms. The SMILES string of the molecule is O=C(CSc1ncnc2c1nnn2Cc1ccccc1F)Nc1ccc2c(c1)OCCO2. The molecular weight excluding hydrogens is 435 g/mol. The first kappa shape index (κ1) is 20.2. The summed E-state index contributed by atoms with van der Waals surface area (Å²) in [5, 5.41) is 11.6. The molecule has 0 saturated heterocycles. The highest BCUT2D eigenvalue weighted by molar-refractivity contribution is 8.00. The van der Waals surface area contributed by atoms with Gasteiger partial charge in [-0.3, -0.25) is 4.79 Å². The lowest BCUT2D eigenvalue weighted by Gasteiger charge is -2.18. The molecule has 0 unspecified atom stereocenters. The number of carbonyl (C=O) groups is 1. The summed E-state index contributed by atoms with van der Waals surface area (Å²) in [5.41, 5.74) is 2.02. The van der Waals surface area contributed by atoms with E-state index in [0.29, 0.717) is 52.2 Å². The molecule has 5 rings (SSSR count). The largest absolute Gasteiger partial charge is 0.486 e. The highest BCUT2D eigenvalue weighted by Crippen LogP contribution is 2.32. The van der Waals surface area contributed by atoms with Crippen molar-refractivity contribution in [2.75, 3.05) is 24.3 Å². The number of anilines is 1. The molecule has 0 spiro atoms. The zero-order valence-corrected chi connectivity index (χ0v) is 17.5. The van der Waals surface area contributed by atoms with E-state index in [4.69, 9.17) is 9.47 Å². The second-order valence-electron chi connectivity index (χ2n) is 6.88. The van der Waals surface area contributed by atoms with Gasteiger partial charge in [-0.2, -0.15) is 0 Å². The van der Waals surface area contributed by atoms with Crippen molar-refractivity contribution in [3.63, 3.8) is 0 Å². The second-order valence-corrected chi connectivity index (χ2v) is 7.85. The van der Waals surface area contributed by atoms with E-state index in [1.165, 1.54) is 28.8 Å². The van der Waals surface area contributed by atoms with Crippen LogP contribution in [0.1, 0.15) is 5.56 Å². The van der Waals surface area contributed by atoms with Crippen molar-refractivity contribution in [1.29, 1.82) is 0 Å². The number of nitrogens with one attached hydrogen (secondary N) is 1. The molecule has 11 heteroatoms. The Kier molecular flexibility index (Phi) is 5.55. The number of aromatic nitrogens is 5. The van der Waals surface area contributed by atoms with Gasteiger partial charge < -0.3 is 14.8 Å². The van der Waals surface area contributed by atoms with Gasteiger partial charge in [-0.15, -0.1) is 5.10 Å². The van der Waals surface area contributed by atoms with Crippen LogP contribution in [0.3, 0.4) is 0 Å². The molecular formula is C21H17FN6O3S. The van der Waals surface area contributed by atoms with Gasteiger partial charge in [0, 0.05) is 17.3 Å². The molecule has 0 bridgehead atoms. The summed E-state index contributed by atoms with van der Waals surface area (Å²) >= 11 is 1.22. The number of rotatable bonds is 6. The van der Waals surface area contributed by atoms with Gasteiger partial charge in [0.05, 0.1) is 12.3 Å². The monoisotopic (exact) mass is 452 g/mol. The molecule has 162 valence electrons. The minimum absolute atomic E-state index is 0.112. The topological polar surface area (TPSA) is 104 Å². The van der Waals surface area contributed by atoms with Gasteiger partial charge in [-0.25, -0.2) is 19.0 Å². The fraction of sp³-hybridized carbons (Fsp3) is 0.190. The Labute approximate surface area is 186 Å². The zero-order chi connectivity index (χ0) is 21.9. The number of nitrogens with zero attached hydrogens (tertiary/aromatic N) is 5. The molecule has 1 aliphatic heterocycles. The number of benzene rings is 2. The summed E-state index contributed by atoms with van der Waals surface area (Å²) in [6, 6.07) is 11.7. The first-order valence-electron chi connectivity index (χ1n) is 9.77. The van der Waals surface area contributed by atoms with Crippen LogP contribution in [-0.4, -0.2) is 49.8 Å². The number of carbonyl (C=O) groups excluding carboxylic acids is 1. The van der Waals surface area contributed by atoms with Crippen LogP contribution in [0.5, 0.6) is 11.5 Å². The molecule has 9 nitrogen and oxygen atoms in total. The lowest BCUT2D eigenvalue weighted by molar-refractivity contribution is -0.113. The highest BCUT2D eigenvalue weighted by Gasteiger charge is 2.16. The number of hydrogen-bond donors (Lipinski definition) is 1. The number of halogens is 1. The lowest BCUT2D eigenvalue weighted by atomic mass is 10.2. The number of thioether (sulfide) groups is 1. The molecule has 0 aliphatic carbocycles. The molecule has 2 aromatic heterocycles. The van der Waals surface area contributed by atoms with Crippen molar-refractivity contribution in [2.24, 2.45) is 0 Å². The number of amides is 1. The Morgan fingerprint density at radius 2 is 1.97 bits per heavy atom. The molecule has 1 amide bonds. The smallest absolute Gasteiger partial charge is 0.234 e. The van der Waals surface area contributed by atoms with Gasteiger partial charge >= 0.3 is 0 Å². The maximum Gasteiger partial charge on any atom is 0.234 e. The van der Waals surface area contributed by atoms with E-state index in [2.05, 4.69) is 25.6 Å². The van der Waals surface area contributed by atoms with Crippen molar-refractivity contribution in [2.45, 2.75) is 11.6 Å². The third kappa shape index (κ3) is 4.19. The van der Waals surface area contributed by atoms with Crippen LogP contribution >= 0.6 is 11.8 Å². The maximum atomic E-state index is 14.0. The van der Waals surface area contributed by atoms with E-state index >= 15 is 0 Å². The minimum atomic E-state index is -0.324. The van der Waals surface area contributed by atoms with E-state index in [-0.39, 0.29) is 24.0 Å². The van der Waals surface area contributed by atoms with Crippen LogP contribution in [-0.2, 0) is 11.3 Å².